The number of nitrogens with two attached hydrogens (primary N) is 1. The number of aromatic hydroxyl groups is 26. The zero-order valence-corrected chi connectivity index (χ0v) is 71.0. The summed E-state index contributed by atoms with van der Waals surface area (Å²) in [6, 6.07) is 14.7. The summed E-state index contributed by atoms with van der Waals surface area (Å²) in [5.74, 6) is -55.0. The number of phenolic OH excluding ortho intramolecular Hbond substituents is 26. The summed E-state index contributed by atoms with van der Waals surface area (Å²) < 4.78 is 60.4. The Labute approximate surface area is 779 Å². The van der Waals surface area contributed by atoms with Gasteiger partial charge in [0.2, 0.25) is 41.1 Å². The van der Waals surface area contributed by atoms with Crippen LogP contribution < -0.4 is 29.4 Å². The van der Waals surface area contributed by atoms with E-state index in [9.17, 15) is 166 Å². The molecule has 2 bridgehead atoms. The molecule has 48 nitrogen and oxygen atoms in total. The number of carbonyl (C=O) groups is 10. The summed E-state index contributed by atoms with van der Waals surface area (Å²) in [5.41, 5.74) is -0.559. The van der Waals surface area contributed by atoms with Crippen LogP contribution in [0.1, 0.15) is 154 Å². The van der Waals surface area contributed by atoms with Crippen LogP contribution in [0.2, 0.25) is 0 Å². The van der Waals surface area contributed by atoms with Gasteiger partial charge in [0.15, 0.2) is 156 Å². The van der Waals surface area contributed by atoms with Gasteiger partial charge in [-0.1, -0.05) is 32.3 Å². The highest BCUT2D eigenvalue weighted by atomic mass is 16.8. The molecule has 140 heavy (non-hydrogen) atoms. The Hall–Kier alpha value is -19.2. The number of ether oxygens (including phenoxy) is 11. The van der Waals surface area contributed by atoms with Crippen molar-refractivity contribution in [2.75, 3.05) is 6.61 Å². The van der Waals surface area contributed by atoms with Gasteiger partial charge in [-0.25, -0.2) is 47.9 Å². The third-order valence-electron chi connectivity index (χ3n) is 22.1. The van der Waals surface area contributed by atoms with E-state index in [0.29, 0.717) is 133 Å². The quantitative estimate of drug-likeness (QED) is 0.0140. The smallest absolute Gasteiger partial charge is 0.343 e. The summed E-state index contributed by atoms with van der Waals surface area (Å²) in [7, 11) is 0. The second kappa shape index (κ2) is 39.2. The SMILES string of the molecule is C[C@@]12CCCCCC(Cc3ccc(O)cc31)[C@H]2N.O=C(OC[C@H]1O[C@@H](OC(=O)c2cc(O)c(O)c(OC(=O)c3cc(O)c(O)c(O)c3)c2)[C@H](OC(=O)c2cc(O)c(O)c(OC(=O)c3cc(O)c(O)c(O)c3)c2)[C@@H](OC(=O)c2cc(O)c(O)c(OC(=O)c3cc(O)c(O)c(O)c3)c2)[C@@H]1OC(=O)c1cc(O)c(O)c(OC(=O)c2cc(O)c(O)c(O)c2)c1)c1cc(O)c(O)c(OC(=O)c2cc(O)c(O)c(O)c2)c1. The van der Waals surface area contributed by atoms with Gasteiger partial charge in [0, 0.05) is 11.5 Å². The summed E-state index contributed by atoms with van der Waals surface area (Å²) >= 11 is 0. The molecule has 1 aliphatic heterocycles. The maximum absolute atomic E-state index is 15.3. The Morgan fingerprint density at radius 1 is 0.300 bits per heavy atom. The van der Waals surface area contributed by atoms with E-state index in [1.165, 1.54) is 36.8 Å². The minimum absolute atomic E-state index is 0.0530. The van der Waals surface area contributed by atoms with Crippen molar-refractivity contribution in [1.82, 2.24) is 0 Å². The van der Waals surface area contributed by atoms with E-state index in [2.05, 4.69) is 13.0 Å². The van der Waals surface area contributed by atoms with E-state index >= 15 is 14.4 Å². The third kappa shape index (κ3) is 20.5. The lowest BCUT2D eigenvalue weighted by Crippen LogP contribution is -2.63. The molecule has 28 N–H and O–H groups in total. The van der Waals surface area contributed by atoms with Gasteiger partial charge in [-0.05, 0) is 170 Å². The summed E-state index contributed by atoms with van der Waals surface area (Å²) in [6.07, 6.45) is -7.64. The van der Waals surface area contributed by atoms with Gasteiger partial charge in [0.05, 0.1) is 55.6 Å². The summed E-state index contributed by atoms with van der Waals surface area (Å²) in [6.45, 7) is 0.591. The third-order valence-corrected chi connectivity index (χ3v) is 22.1. The van der Waals surface area contributed by atoms with Crippen molar-refractivity contribution in [1.29, 1.82) is 0 Å². The van der Waals surface area contributed by atoms with Crippen molar-refractivity contribution in [2.24, 2.45) is 11.7 Å². The highest BCUT2D eigenvalue weighted by Gasteiger charge is 2.56. The normalized spacial score (nSPS) is 17.3. The first kappa shape index (κ1) is 98.3. The number of carbonyl (C=O) groups excluding carboxylic acids is 10. The highest BCUT2D eigenvalue weighted by molar-refractivity contribution is 6.00. The van der Waals surface area contributed by atoms with Crippen LogP contribution in [0.4, 0.5) is 0 Å². The number of phenols is 26. The molecular weight excluding hydrogens is 1870 g/mol. The van der Waals surface area contributed by atoms with Gasteiger partial charge in [0.1, 0.15) is 18.5 Å². The predicted octanol–water partition coefficient (Wildman–Crippen LogP) is 7.95. The summed E-state index contributed by atoms with van der Waals surface area (Å²) in [4.78, 5) is 142. The van der Waals surface area contributed by atoms with Crippen LogP contribution in [0.15, 0.2) is 140 Å². The van der Waals surface area contributed by atoms with Crippen LogP contribution >= 0.6 is 0 Å². The van der Waals surface area contributed by atoms with Crippen molar-refractivity contribution in [2.45, 2.75) is 87.6 Å². The molecule has 1 heterocycles. The summed E-state index contributed by atoms with van der Waals surface area (Å²) in [5, 5.41) is 271. The molecular formula is C92H75NO47. The molecule has 730 valence electrons. The number of rotatable bonds is 21. The lowest BCUT2D eigenvalue weighted by atomic mass is 9.60. The maximum atomic E-state index is 15.3. The van der Waals surface area contributed by atoms with Crippen LogP contribution in [0.3, 0.4) is 0 Å². The Balaban J connectivity index is 0.000000814. The molecule has 2 fully saturated rings. The molecule has 1 saturated carbocycles. The van der Waals surface area contributed by atoms with Crippen molar-refractivity contribution < 1.29 is 233 Å². The second-order valence-electron chi connectivity index (χ2n) is 31.5. The lowest BCUT2D eigenvalue weighted by molar-refractivity contribution is -0.282. The molecule has 0 spiro atoms. The second-order valence-corrected chi connectivity index (χ2v) is 31.5. The van der Waals surface area contributed by atoms with E-state index in [-0.39, 0.29) is 11.5 Å². The Morgan fingerprint density at radius 2 is 0.557 bits per heavy atom. The number of esters is 10. The maximum Gasteiger partial charge on any atom is 0.343 e. The van der Waals surface area contributed by atoms with Gasteiger partial charge in [-0.2, -0.15) is 0 Å². The van der Waals surface area contributed by atoms with E-state index < -0.39 is 325 Å². The topological polar surface area (TPSA) is 824 Å². The van der Waals surface area contributed by atoms with E-state index in [1.807, 2.05) is 12.1 Å². The van der Waals surface area contributed by atoms with Crippen LogP contribution in [-0.4, -0.2) is 236 Å². The first-order valence-electron chi connectivity index (χ1n) is 40.4. The van der Waals surface area contributed by atoms with Gasteiger partial charge >= 0.3 is 59.7 Å². The molecule has 1 saturated heterocycles. The molecule has 0 radical (unpaired) electrons. The number of hydrogen-bond donors (Lipinski definition) is 27. The van der Waals surface area contributed by atoms with Crippen LogP contribution in [0, 0.1) is 5.92 Å². The average Bonchev–Trinajstić information content (AvgIpc) is 0.748. The number of fused-ring (bicyclic) bond motifs is 4. The molecule has 2 aliphatic carbocycles. The zero-order valence-electron chi connectivity index (χ0n) is 71.0. The first-order chi connectivity index (χ1) is 66.0. The minimum atomic E-state index is -3.12. The largest absolute Gasteiger partial charge is 0.508 e. The fraction of sp³-hybridized carbons (Fsp3) is 0.174. The van der Waals surface area contributed by atoms with Gasteiger partial charge < -0.3 is 191 Å². The Morgan fingerprint density at radius 3 is 0.857 bits per heavy atom. The molecule has 11 aromatic rings. The molecule has 48 heteroatoms. The predicted molar refractivity (Wildman–Crippen MR) is 457 cm³/mol. The molecule has 0 aromatic heterocycles. The minimum Gasteiger partial charge on any atom is -0.508 e. The van der Waals surface area contributed by atoms with Crippen LogP contribution in [0.25, 0.3) is 0 Å². The first-order valence-corrected chi connectivity index (χ1v) is 40.4. The van der Waals surface area contributed by atoms with E-state index in [0.717, 1.165) is 12.8 Å². The Bertz CT molecular complexity index is 6830. The zero-order chi connectivity index (χ0) is 102. The fourth-order valence-electron chi connectivity index (χ4n) is 14.9. The van der Waals surface area contributed by atoms with Crippen molar-refractivity contribution >= 4 is 59.7 Å². The van der Waals surface area contributed by atoms with Crippen molar-refractivity contribution in [3.05, 3.63) is 206 Å². The molecule has 0 amide bonds. The fourth-order valence-corrected chi connectivity index (χ4v) is 14.9. The van der Waals surface area contributed by atoms with E-state index in [1.54, 1.807) is 0 Å². The van der Waals surface area contributed by atoms with Crippen molar-refractivity contribution in [3.63, 3.8) is 0 Å². The van der Waals surface area contributed by atoms with Crippen LogP contribution in [-0.2, 0) is 40.3 Å². The van der Waals surface area contributed by atoms with Gasteiger partial charge in [0.25, 0.3) is 0 Å². The highest BCUT2D eigenvalue weighted by Crippen LogP contribution is 2.51. The number of hydrogen-bond acceptors (Lipinski definition) is 48. The van der Waals surface area contributed by atoms with Gasteiger partial charge in [-0.3, -0.25) is 0 Å². The molecule has 8 atom stereocenters. The molecule has 14 rings (SSSR count). The monoisotopic (exact) mass is 1950 g/mol. The lowest BCUT2D eigenvalue weighted by Gasteiger charge is -2.47. The average molecular weight is 1950 g/mol. The Kier molecular flexibility index (Phi) is 27.5. The molecule has 1 unspecified atom stereocenters. The van der Waals surface area contributed by atoms with Crippen LogP contribution in [0.5, 0.6) is 178 Å². The van der Waals surface area contributed by atoms with E-state index in [4.69, 9.17) is 57.8 Å². The molecule has 11 aromatic carbocycles. The number of benzene rings is 11. The standard InChI is InChI=1S/C76H52O46.C16H23NO/c77-32-1-22(2-33(78)53(32)92)67(103)113-47-16-27(11-42(87)58(47)97)66(102)112-21-52-63(119-72(108)28-12-43(88)59(98)48(17-28)114-68(104)23-3-34(79)54(93)35(80)4-23)64(120-73(109)29-13-44(89)60(99)49(18-29)115-69(105)24-5-36(81)55(94)37(82)6-24)65(121-74(110)30-14-45(90)61(100)50(19-30)116-70(106)25-7-38(83)56(95)39(84)8-25)76(118-52)122-75(111)31-15-46(91)62(101)51(20-31)117-71(107)26-9-40(85)57(96)41(86)10-26;1-16-8-4-2-3-5-12(15(16)17)9-11-6-7-13(18)10-14(11)16/h1-20,52,63-65,76-101H,21H2;6-7,10,12,15,18H,2-5,8-9,17H2,1H3/t52-,63-,64+,65-,76+;12?,15-,16-/m11/s1. The van der Waals surface area contributed by atoms with Crippen molar-refractivity contribution in [3.8, 4) is 178 Å². The van der Waals surface area contributed by atoms with Gasteiger partial charge in [-0.15, -0.1) is 0 Å². The molecule has 3 aliphatic rings.